The summed E-state index contributed by atoms with van der Waals surface area (Å²) in [6.45, 7) is -0.151. The lowest BCUT2D eigenvalue weighted by atomic mass is 10.1. The monoisotopic (exact) mass is 243 g/mol. The van der Waals surface area contributed by atoms with E-state index in [-0.39, 0.29) is 24.8 Å². The molecule has 1 fully saturated rings. The molecule has 3 N–H and O–H groups in total. The standard InChI is InChI=1S/C10H17N3O4/c1-11-7(14)5-10(3-4-10)13-8(15)6-12-9(16)17-2/h3-6H2,1-2H3,(H,11,14)(H,12,16)(H,13,15). The van der Waals surface area contributed by atoms with Crippen LogP contribution in [0.3, 0.4) is 0 Å². The van der Waals surface area contributed by atoms with Crippen LogP contribution in [0.25, 0.3) is 0 Å². The number of rotatable bonds is 5. The molecule has 0 aliphatic heterocycles. The van der Waals surface area contributed by atoms with Gasteiger partial charge < -0.3 is 20.7 Å². The van der Waals surface area contributed by atoms with Crippen LogP contribution in [0.15, 0.2) is 0 Å². The van der Waals surface area contributed by atoms with E-state index < -0.39 is 11.6 Å². The Labute approximate surface area is 99.3 Å². The molecule has 1 saturated carbocycles. The number of alkyl carbamates (subject to hydrolysis) is 1. The Kier molecular flexibility index (Phi) is 4.30. The molecule has 0 aromatic rings. The quantitative estimate of drug-likeness (QED) is 0.584. The number of ether oxygens (including phenoxy) is 1. The zero-order chi connectivity index (χ0) is 12.9. The Morgan fingerprint density at radius 1 is 1.24 bits per heavy atom. The highest BCUT2D eigenvalue weighted by atomic mass is 16.5. The van der Waals surface area contributed by atoms with Crippen molar-refractivity contribution in [3.05, 3.63) is 0 Å². The van der Waals surface area contributed by atoms with E-state index in [9.17, 15) is 14.4 Å². The first-order chi connectivity index (χ1) is 8.01. The van der Waals surface area contributed by atoms with Crippen LogP contribution in [0.4, 0.5) is 4.79 Å². The Morgan fingerprint density at radius 3 is 2.35 bits per heavy atom. The second kappa shape index (κ2) is 5.51. The van der Waals surface area contributed by atoms with Gasteiger partial charge in [-0.15, -0.1) is 0 Å². The molecule has 0 unspecified atom stereocenters. The maximum Gasteiger partial charge on any atom is 0.407 e. The van der Waals surface area contributed by atoms with E-state index in [4.69, 9.17) is 0 Å². The van der Waals surface area contributed by atoms with Gasteiger partial charge in [0.15, 0.2) is 0 Å². The molecule has 3 amide bonds. The van der Waals surface area contributed by atoms with Crippen molar-refractivity contribution in [2.75, 3.05) is 20.7 Å². The van der Waals surface area contributed by atoms with Crippen LogP contribution in [0.5, 0.6) is 0 Å². The number of carbonyl (C=O) groups is 3. The lowest BCUT2D eigenvalue weighted by Gasteiger charge is -2.16. The van der Waals surface area contributed by atoms with E-state index >= 15 is 0 Å². The molecule has 96 valence electrons. The molecule has 0 aromatic heterocycles. The summed E-state index contributed by atoms with van der Waals surface area (Å²) in [5, 5.41) is 7.53. The van der Waals surface area contributed by atoms with E-state index in [1.54, 1.807) is 7.05 Å². The van der Waals surface area contributed by atoms with Crippen molar-refractivity contribution in [2.45, 2.75) is 24.8 Å². The maximum atomic E-state index is 11.5. The third kappa shape index (κ3) is 4.29. The lowest BCUT2D eigenvalue weighted by Crippen LogP contribution is -2.45. The Hall–Kier alpha value is -1.79. The summed E-state index contributed by atoms with van der Waals surface area (Å²) < 4.78 is 4.33. The van der Waals surface area contributed by atoms with Crippen LogP contribution >= 0.6 is 0 Å². The summed E-state index contributed by atoms with van der Waals surface area (Å²) >= 11 is 0. The van der Waals surface area contributed by atoms with Crippen LogP contribution in [0.1, 0.15) is 19.3 Å². The third-order valence-electron chi connectivity index (χ3n) is 2.61. The van der Waals surface area contributed by atoms with Gasteiger partial charge in [-0.1, -0.05) is 0 Å². The van der Waals surface area contributed by atoms with Crippen LogP contribution in [-0.2, 0) is 14.3 Å². The average molecular weight is 243 g/mol. The first kappa shape index (κ1) is 13.3. The topological polar surface area (TPSA) is 96.5 Å². The normalized spacial score (nSPS) is 15.6. The smallest absolute Gasteiger partial charge is 0.407 e. The summed E-state index contributed by atoms with van der Waals surface area (Å²) in [5.74, 6) is -0.430. The Balaban J connectivity index is 2.31. The van der Waals surface area contributed by atoms with Gasteiger partial charge in [0.1, 0.15) is 6.54 Å². The van der Waals surface area contributed by atoms with Gasteiger partial charge in [0.25, 0.3) is 0 Å². The van der Waals surface area contributed by atoms with Gasteiger partial charge in [0.2, 0.25) is 11.8 Å². The van der Waals surface area contributed by atoms with E-state index in [2.05, 4.69) is 20.7 Å². The van der Waals surface area contributed by atoms with Crippen molar-refractivity contribution in [3.63, 3.8) is 0 Å². The first-order valence-electron chi connectivity index (χ1n) is 5.35. The Bertz CT molecular complexity index is 326. The van der Waals surface area contributed by atoms with E-state index in [0.717, 1.165) is 12.8 Å². The molecular weight excluding hydrogens is 226 g/mol. The maximum absolute atomic E-state index is 11.5. The zero-order valence-electron chi connectivity index (χ0n) is 9.96. The number of hydrogen-bond donors (Lipinski definition) is 3. The van der Waals surface area contributed by atoms with Gasteiger partial charge in [0, 0.05) is 19.0 Å². The van der Waals surface area contributed by atoms with Crippen molar-refractivity contribution in [1.29, 1.82) is 0 Å². The van der Waals surface area contributed by atoms with Crippen LogP contribution in [0.2, 0.25) is 0 Å². The molecule has 7 nitrogen and oxygen atoms in total. The minimum atomic E-state index is -0.656. The summed E-state index contributed by atoms with van der Waals surface area (Å²) in [5.41, 5.74) is -0.422. The molecule has 0 aromatic carbocycles. The van der Waals surface area contributed by atoms with Gasteiger partial charge in [-0.3, -0.25) is 9.59 Å². The van der Waals surface area contributed by atoms with Crippen molar-refractivity contribution in [2.24, 2.45) is 0 Å². The summed E-state index contributed by atoms with van der Waals surface area (Å²) in [7, 11) is 2.78. The lowest BCUT2D eigenvalue weighted by molar-refractivity contribution is -0.123. The molecule has 17 heavy (non-hydrogen) atoms. The predicted molar refractivity (Wildman–Crippen MR) is 59.2 cm³/mol. The summed E-state index contributed by atoms with van der Waals surface area (Å²) in [6, 6.07) is 0. The molecule has 0 spiro atoms. The third-order valence-corrected chi connectivity index (χ3v) is 2.61. The van der Waals surface area contributed by atoms with Crippen molar-refractivity contribution >= 4 is 17.9 Å². The SMILES string of the molecule is CNC(=O)CC1(NC(=O)CNC(=O)OC)CC1. The number of methoxy groups -OCH3 is 1. The number of carbonyl (C=O) groups excluding carboxylic acids is 3. The van der Waals surface area contributed by atoms with Crippen molar-refractivity contribution in [1.82, 2.24) is 16.0 Å². The van der Waals surface area contributed by atoms with E-state index in [1.807, 2.05) is 0 Å². The zero-order valence-corrected chi connectivity index (χ0v) is 9.96. The number of hydrogen-bond acceptors (Lipinski definition) is 4. The minimum Gasteiger partial charge on any atom is -0.453 e. The highest BCUT2D eigenvalue weighted by molar-refractivity contribution is 5.84. The van der Waals surface area contributed by atoms with E-state index in [0.29, 0.717) is 0 Å². The fourth-order valence-corrected chi connectivity index (χ4v) is 1.46. The number of amides is 3. The van der Waals surface area contributed by atoms with Gasteiger partial charge in [-0.2, -0.15) is 0 Å². The highest BCUT2D eigenvalue weighted by Crippen LogP contribution is 2.38. The fourth-order valence-electron chi connectivity index (χ4n) is 1.46. The molecule has 0 atom stereocenters. The van der Waals surface area contributed by atoms with Crippen molar-refractivity contribution in [3.8, 4) is 0 Å². The largest absolute Gasteiger partial charge is 0.453 e. The number of nitrogens with one attached hydrogen (secondary N) is 3. The first-order valence-corrected chi connectivity index (χ1v) is 5.35. The molecule has 1 rings (SSSR count). The fraction of sp³-hybridized carbons (Fsp3) is 0.700. The molecule has 0 heterocycles. The Morgan fingerprint density at radius 2 is 1.88 bits per heavy atom. The molecule has 7 heteroatoms. The van der Waals surface area contributed by atoms with Gasteiger partial charge in [0.05, 0.1) is 7.11 Å². The summed E-state index contributed by atoms with van der Waals surface area (Å²) in [6.07, 6.45) is 1.18. The summed E-state index contributed by atoms with van der Waals surface area (Å²) in [4.78, 5) is 33.4. The molecule has 0 bridgehead atoms. The predicted octanol–water partition coefficient (Wildman–Crippen LogP) is -0.873. The second-order valence-electron chi connectivity index (χ2n) is 4.02. The highest BCUT2D eigenvalue weighted by Gasteiger charge is 2.45. The van der Waals surface area contributed by atoms with Crippen LogP contribution in [0, 0.1) is 0 Å². The average Bonchev–Trinajstić information content (AvgIpc) is 3.05. The minimum absolute atomic E-state index is 0.108. The van der Waals surface area contributed by atoms with Crippen LogP contribution in [-0.4, -0.2) is 44.1 Å². The molecule has 0 radical (unpaired) electrons. The molecule has 0 saturated heterocycles. The van der Waals surface area contributed by atoms with Gasteiger partial charge in [-0.05, 0) is 12.8 Å². The second-order valence-corrected chi connectivity index (χ2v) is 4.02. The van der Waals surface area contributed by atoms with Crippen LogP contribution < -0.4 is 16.0 Å². The van der Waals surface area contributed by atoms with Crippen molar-refractivity contribution < 1.29 is 19.1 Å². The van der Waals surface area contributed by atoms with Gasteiger partial charge in [-0.25, -0.2) is 4.79 Å². The van der Waals surface area contributed by atoms with Gasteiger partial charge >= 0.3 is 6.09 Å². The van der Waals surface area contributed by atoms with E-state index in [1.165, 1.54) is 7.11 Å². The molecule has 1 aliphatic carbocycles. The molecular formula is C10H17N3O4. The molecule has 1 aliphatic rings.